The molecule has 0 heterocycles. The van der Waals surface area contributed by atoms with Gasteiger partial charge in [0.25, 0.3) is 0 Å². The zero-order valence-corrected chi connectivity index (χ0v) is 9.85. The molecular formula is C13H10ClF2N. The summed E-state index contributed by atoms with van der Waals surface area (Å²) >= 11 is 5.82. The molecule has 0 amide bonds. The van der Waals surface area contributed by atoms with E-state index < -0.39 is 11.6 Å². The highest BCUT2D eigenvalue weighted by Crippen LogP contribution is 2.32. The van der Waals surface area contributed by atoms with Crippen molar-refractivity contribution >= 4 is 17.3 Å². The van der Waals surface area contributed by atoms with Gasteiger partial charge in [0, 0.05) is 21.8 Å². The van der Waals surface area contributed by atoms with Gasteiger partial charge in [-0.05, 0) is 30.7 Å². The van der Waals surface area contributed by atoms with E-state index in [-0.39, 0.29) is 11.1 Å². The molecular weight excluding hydrogens is 244 g/mol. The van der Waals surface area contributed by atoms with Gasteiger partial charge in [0.2, 0.25) is 0 Å². The Morgan fingerprint density at radius 1 is 1.00 bits per heavy atom. The van der Waals surface area contributed by atoms with Crippen LogP contribution in [0.1, 0.15) is 5.56 Å². The third-order valence-corrected chi connectivity index (χ3v) is 2.82. The minimum absolute atomic E-state index is 0.119. The average molecular weight is 254 g/mol. The molecule has 0 aliphatic carbocycles. The Morgan fingerprint density at radius 2 is 1.71 bits per heavy atom. The first-order valence-corrected chi connectivity index (χ1v) is 5.38. The van der Waals surface area contributed by atoms with Crippen molar-refractivity contribution < 1.29 is 8.78 Å². The fraction of sp³-hybridized carbons (Fsp3) is 0.0769. The van der Waals surface area contributed by atoms with Crippen LogP contribution in [0, 0.1) is 18.6 Å². The van der Waals surface area contributed by atoms with Crippen molar-refractivity contribution in [2.24, 2.45) is 0 Å². The molecule has 0 aromatic heterocycles. The molecule has 0 radical (unpaired) electrons. The minimum atomic E-state index is -0.904. The SMILES string of the molecule is Cc1ccc(-c2cc(Cl)ccc2N)c(F)c1F. The van der Waals surface area contributed by atoms with E-state index in [1.54, 1.807) is 12.1 Å². The summed E-state index contributed by atoms with van der Waals surface area (Å²) in [4.78, 5) is 0. The van der Waals surface area contributed by atoms with Crippen LogP contribution in [0.4, 0.5) is 14.5 Å². The van der Waals surface area contributed by atoms with E-state index in [4.69, 9.17) is 17.3 Å². The lowest BCUT2D eigenvalue weighted by atomic mass is 10.0. The molecule has 2 aromatic carbocycles. The molecule has 2 rings (SSSR count). The van der Waals surface area contributed by atoms with E-state index in [1.807, 2.05) is 0 Å². The molecule has 0 spiro atoms. The maximum Gasteiger partial charge on any atom is 0.166 e. The van der Waals surface area contributed by atoms with Crippen LogP contribution in [-0.4, -0.2) is 0 Å². The van der Waals surface area contributed by atoms with Crippen molar-refractivity contribution in [3.8, 4) is 11.1 Å². The van der Waals surface area contributed by atoms with Crippen molar-refractivity contribution in [3.05, 3.63) is 52.6 Å². The maximum atomic E-state index is 13.8. The smallest absolute Gasteiger partial charge is 0.166 e. The summed E-state index contributed by atoms with van der Waals surface area (Å²) in [5, 5.41) is 0.426. The Hall–Kier alpha value is -1.61. The first kappa shape index (κ1) is 11.9. The van der Waals surface area contributed by atoms with E-state index in [0.29, 0.717) is 16.3 Å². The zero-order chi connectivity index (χ0) is 12.6. The molecule has 0 aliphatic rings. The number of hydrogen-bond acceptors (Lipinski definition) is 1. The van der Waals surface area contributed by atoms with Crippen LogP contribution in [0.5, 0.6) is 0 Å². The minimum Gasteiger partial charge on any atom is -0.398 e. The first-order valence-electron chi connectivity index (χ1n) is 5.00. The fourth-order valence-electron chi connectivity index (χ4n) is 1.62. The van der Waals surface area contributed by atoms with Crippen LogP contribution in [0.15, 0.2) is 30.3 Å². The number of halogens is 3. The molecule has 1 nitrogen and oxygen atoms in total. The molecule has 0 unspecified atom stereocenters. The highest BCUT2D eigenvalue weighted by molar-refractivity contribution is 6.31. The summed E-state index contributed by atoms with van der Waals surface area (Å²) in [6, 6.07) is 7.69. The second-order valence-corrected chi connectivity index (χ2v) is 4.23. The third-order valence-electron chi connectivity index (χ3n) is 2.58. The summed E-state index contributed by atoms with van der Waals surface area (Å²) in [5.74, 6) is -1.76. The van der Waals surface area contributed by atoms with Crippen molar-refractivity contribution in [1.82, 2.24) is 0 Å². The van der Waals surface area contributed by atoms with Gasteiger partial charge in [-0.1, -0.05) is 23.7 Å². The molecule has 0 saturated heterocycles. The molecule has 4 heteroatoms. The van der Waals surface area contributed by atoms with E-state index in [1.165, 1.54) is 25.1 Å². The average Bonchev–Trinajstić information content (AvgIpc) is 2.30. The molecule has 0 saturated carbocycles. The van der Waals surface area contributed by atoms with Gasteiger partial charge in [0.05, 0.1) is 0 Å². The van der Waals surface area contributed by atoms with Crippen molar-refractivity contribution in [1.29, 1.82) is 0 Å². The van der Waals surface area contributed by atoms with Gasteiger partial charge in [-0.3, -0.25) is 0 Å². The van der Waals surface area contributed by atoms with Gasteiger partial charge in [0.15, 0.2) is 11.6 Å². The molecule has 0 bridgehead atoms. The van der Waals surface area contributed by atoms with Crippen molar-refractivity contribution in [2.75, 3.05) is 5.73 Å². The Kier molecular flexibility index (Phi) is 3.03. The van der Waals surface area contributed by atoms with Gasteiger partial charge < -0.3 is 5.73 Å². The van der Waals surface area contributed by atoms with E-state index in [0.717, 1.165) is 0 Å². The summed E-state index contributed by atoms with van der Waals surface area (Å²) in [6.45, 7) is 1.50. The van der Waals surface area contributed by atoms with Crippen LogP contribution < -0.4 is 5.73 Å². The lowest BCUT2D eigenvalue weighted by Gasteiger charge is -2.09. The topological polar surface area (TPSA) is 26.0 Å². The van der Waals surface area contributed by atoms with Crippen LogP contribution in [0.25, 0.3) is 11.1 Å². The lowest BCUT2D eigenvalue weighted by Crippen LogP contribution is -1.96. The standard InChI is InChI=1S/C13H10ClF2N/c1-7-2-4-9(13(16)12(7)15)10-6-8(14)3-5-11(10)17/h2-6H,17H2,1H3. The molecule has 17 heavy (non-hydrogen) atoms. The van der Waals surface area contributed by atoms with E-state index >= 15 is 0 Å². The Bertz CT molecular complexity index is 582. The van der Waals surface area contributed by atoms with Crippen molar-refractivity contribution in [3.63, 3.8) is 0 Å². The number of hydrogen-bond donors (Lipinski definition) is 1. The lowest BCUT2D eigenvalue weighted by molar-refractivity contribution is 0.505. The quantitative estimate of drug-likeness (QED) is 0.758. The second kappa shape index (κ2) is 4.34. The molecule has 0 fully saturated rings. The third kappa shape index (κ3) is 2.11. The zero-order valence-electron chi connectivity index (χ0n) is 9.10. The van der Waals surface area contributed by atoms with Gasteiger partial charge in [-0.15, -0.1) is 0 Å². The normalized spacial score (nSPS) is 10.6. The highest BCUT2D eigenvalue weighted by atomic mass is 35.5. The Balaban J connectivity index is 2.69. The predicted octanol–water partition coefficient (Wildman–Crippen LogP) is 4.18. The summed E-state index contributed by atoms with van der Waals surface area (Å²) in [5.41, 5.74) is 6.86. The van der Waals surface area contributed by atoms with Crippen LogP contribution in [0.2, 0.25) is 5.02 Å². The predicted molar refractivity (Wildman–Crippen MR) is 66.0 cm³/mol. The number of rotatable bonds is 1. The van der Waals surface area contributed by atoms with Crippen LogP contribution in [-0.2, 0) is 0 Å². The number of anilines is 1. The van der Waals surface area contributed by atoms with Crippen LogP contribution in [0.3, 0.4) is 0 Å². The second-order valence-electron chi connectivity index (χ2n) is 3.79. The number of nitrogens with two attached hydrogens (primary N) is 1. The Labute approximate surface area is 103 Å². The highest BCUT2D eigenvalue weighted by Gasteiger charge is 2.14. The molecule has 0 atom stereocenters. The Morgan fingerprint density at radius 3 is 2.41 bits per heavy atom. The largest absolute Gasteiger partial charge is 0.398 e. The molecule has 2 N–H and O–H groups in total. The summed E-state index contributed by atoms with van der Waals surface area (Å²) < 4.78 is 27.2. The number of nitrogen functional groups attached to an aromatic ring is 1. The summed E-state index contributed by atoms with van der Waals surface area (Å²) in [6.07, 6.45) is 0. The van der Waals surface area contributed by atoms with Crippen LogP contribution >= 0.6 is 11.6 Å². The van der Waals surface area contributed by atoms with Gasteiger partial charge in [0.1, 0.15) is 0 Å². The fourth-order valence-corrected chi connectivity index (χ4v) is 1.79. The maximum absolute atomic E-state index is 13.8. The summed E-state index contributed by atoms with van der Waals surface area (Å²) in [7, 11) is 0. The van der Waals surface area contributed by atoms with Gasteiger partial charge >= 0.3 is 0 Å². The number of aryl methyl sites for hydroxylation is 1. The monoisotopic (exact) mass is 253 g/mol. The molecule has 0 aliphatic heterocycles. The van der Waals surface area contributed by atoms with E-state index in [2.05, 4.69) is 0 Å². The van der Waals surface area contributed by atoms with Gasteiger partial charge in [-0.25, -0.2) is 8.78 Å². The number of benzene rings is 2. The van der Waals surface area contributed by atoms with Gasteiger partial charge in [-0.2, -0.15) is 0 Å². The van der Waals surface area contributed by atoms with Crippen molar-refractivity contribution in [2.45, 2.75) is 6.92 Å². The molecule has 88 valence electrons. The molecule has 2 aromatic rings. The van der Waals surface area contributed by atoms with E-state index in [9.17, 15) is 8.78 Å². The first-order chi connectivity index (χ1) is 8.00.